The van der Waals surface area contributed by atoms with E-state index in [1.54, 1.807) is 13.1 Å². The van der Waals surface area contributed by atoms with Crippen molar-refractivity contribution < 1.29 is 13.2 Å². The molecule has 1 aromatic heterocycles. The number of thiophene rings is 1. The number of nitrogens with one attached hydrogen (secondary N) is 1. The predicted molar refractivity (Wildman–Crippen MR) is 111 cm³/mol. The van der Waals surface area contributed by atoms with Gasteiger partial charge in [0.2, 0.25) is 0 Å². The second-order valence-corrected chi connectivity index (χ2v) is 9.41. The average Bonchev–Trinajstić information content (AvgIpc) is 3.14. The van der Waals surface area contributed by atoms with Crippen LogP contribution in [0.3, 0.4) is 0 Å². The number of para-hydroxylation sites is 1. The zero-order valence-electron chi connectivity index (χ0n) is 15.1. The smallest absolute Gasteiger partial charge is 0.265 e. The summed E-state index contributed by atoms with van der Waals surface area (Å²) in [7, 11) is -1.95. The molecule has 2 aromatic rings. The normalized spacial score (nSPS) is 21.7. The molecule has 1 N–H and O–H groups in total. The second-order valence-electron chi connectivity index (χ2n) is 6.52. The van der Waals surface area contributed by atoms with Crippen molar-refractivity contribution in [3.05, 3.63) is 46.2 Å². The molecule has 27 heavy (non-hydrogen) atoms. The van der Waals surface area contributed by atoms with E-state index in [0.717, 1.165) is 43.2 Å². The van der Waals surface area contributed by atoms with Gasteiger partial charge in [-0.15, -0.1) is 23.7 Å². The summed E-state index contributed by atoms with van der Waals surface area (Å²) in [6, 6.07) is 9.29. The van der Waals surface area contributed by atoms with Crippen molar-refractivity contribution in [2.24, 2.45) is 0 Å². The number of fused-ring (bicyclic) bond motifs is 2. The fourth-order valence-corrected chi connectivity index (χ4v) is 6.25. The molecule has 148 valence electrons. The summed E-state index contributed by atoms with van der Waals surface area (Å²) in [6.07, 6.45) is -0.358. The van der Waals surface area contributed by atoms with Gasteiger partial charge in [0, 0.05) is 45.3 Å². The largest absolute Gasteiger partial charge is 0.366 e. The molecule has 2 aliphatic rings. The lowest BCUT2D eigenvalue weighted by atomic mass is 10.1. The molecule has 0 radical (unpaired) electrons. The van der Waals surface area contributed by atoms with Crippen LogP contribution in [0.2, 0.25) is 0 Å². The van der Waals surface area contributed by atoms with Crippen LogP contribution >= 0.6 is 23.7 Å². The Labute approximate surface area is 170 Å². The summed E-state index contributed by atoms with van der Waals surface area (Å²) in [6.45, 7) is 5.47. The van der Waals surface area contributed by atoms with E-state index < -0.39 is 10.0 Å². The molecule has 9 heteroatoms. The number of nitrogens with zero attached hydrogens (tertiary/aromatic N) is 2. The molecule has 1 atom stereocenters. The van der Waals surface area contributed by atoms with E-state index in [9.17, 15) is 8.42 Å². The van der Waals surface area contributed by atoms with Crippen molar-refractivity contribution in [2.45, 2.75) is 11.0 Å². The molecule has 0 spiro atoms. The molecule has 4 rings (SSSR count). The third-order valence-electron chi connectivity index (χ3n) is 4.99. The van der Waals surface area contributed by atoms with E-state index in [1.165, 1.54) is 15.6 Å². The van der Waals surface area contributed by atoms with Gasteiger partial charge in [-0.05, 0) is 17.5 Å². The number of piperazine rings is 1. The maximum atomic E-state index is 13.0. The summed E-state index contributed by atoms with van der Waals surface area (Å²) in [5.74, 6) is 0. The minimum atomic E-state index is -3.56. The molecule has 1 aromatic carbocycles. The van der Waals surface area contributed by atoms with E-state index in [2.05, 4.69) is 10.2 Å². The third-order valence-corrected chi connectivity index (χ3v) is 7.91. The van der Waals surface area contributed by atoms with Gasteiger partial charge in [0.05, 0.1) is 17.2 Å². The van der Waals surface area contributed by atoms with Crippen molar-refractivity contribution in [3.63, 3.8) is 0 Å². The maximum Gasteiger partial charge on any atom is 0.265 e. The van der Waals surface area contributed by atoms with Gasteiger partial charge in [0.15, 0.2) is 0 Å². The molecule has 1 saturated heterocycles. The van der Waals surface area contributed by atoms with E-state index >= 15 is 0 Å². The van der Waals surface area contributed by atoms with Gasteiger partial charge in [-0.2, -0.15) is 0 Å². The Bertz CT molecular complexity index is 881. The summed E-state index contributed by atoms with van der Waals surface area (Å²) in [5, 5.41) is 5.18. The van der Waals surface area contributed by atoms with E-state index in [0.29, 0.717) is 17.2 Å². The SMILES string of the molecule is CN1c2ccccc2C(OCCN2CCNCC2)c2sccc2S1(=O)=O.Cl. The van der Waals surface area contributed by atoms with Crippen molar-refractivity contribution in [1.29, 1.82) is 0 Å². The zero-order valence-corrected chi connectivity index (χ0v) is 17.6. The Morgan fingerprint density at radius 1 is 1.22 bits per heavy atom. The van der Waals surface area contributed by atoms with Crippen LogP contribution in [-0.4, -0.2) is 59.7 Å². The number of ether oxygens (including phenoxy) is 1. The minimum Gasteiger partial charge on any atom is -0.366 e. The first-order valence-electron chi connectivity index (χ1n) is 8.79. The van der Waals surface area contributed by atoms with E-state index in [4.69, 9.17) is 4.74 Å². The Hall–Kier alpha value is -1.16. The number of benzene rings is 1. The Morgan fingerprint density at radius 2 is 1.96 bits per heavy atom. The third kappa shape index (κ3) is 3.87. The zero-order chi connectivity index (χ0) is 18.1. The number of anilines is 1. The van der Waals surface area contributed by atoms with Gasteiger partial charge < -0.3 is 10.1 Å². The summed E-state index contributed by atoms with van der Waals surface area (Å²) < 4.78 is 33.6. The topological polar surface area (TPSA) is 61.9 Å². The first-order chi connectivity index (χ1) is 12.6. The lowest BCUT2D eigenvalue weighted by Gasteiger charge is -2.28. The number of hydrogen-bond acceptors (Lipinski definition) is 6. The number of sulfonamides is 1. The van der Waals surface area contributed by atoms with Gasteiger partial charge in [-0.25, -0.2) is 8.42 Å². The molecule has 0 bridgehead atoms. The van der Waals surface area contributed by atoms with Gasteiger partial charge in [0.1, 0.15) is 11.0 Å². The van der Waals surface area contributed by atoms with Crippen LogP contribution in [0.4, 0.5) is 5.69 Å². The molecule has 1 unspecified atom stereocenters. The van der Waals surface area contributed by atoms with E-state index in [-0.39, 0.29) is 18.5 Å². The standard InChI is InChI=1S/C18H23N3O3S2.ClH/c1-20-15-5-3-2-4-14(15)17(18-16(6-13-25-18)26(20,22)23)24-12-11-21-9-7-19-8-10-21;/h2-6,13,17,19H,7-12H2,1H3;1H. The van der Waals surface area contributed by atoms with E-state index in [1.807, 2.05) is 29.6 Å². The number of halogens is 1. The first kappa shape index (κ1) is 20.6. The Balaban J connectivity index is 0.00000210. The van der Waals surface area contributed by atoms with Crippen LogP contribution in [-0.2, 0) is 14.8 Å². The maximum absolute atomic E-state index is 13.0. The van der Waals surface area contributed by atoms with Crippen LogP contribution in [0.25, 0.3) is 0 Å². The summed E-state index contributed by atoms with van der Waals surface area (Å²) in [5.41, 5.74) is 1.59. The van der Waals surface area contributed by atoms with Crippen molar-refractivity contribution >= 4 is 39.5 Å². The molecule has 0 amide bonds. The van der Waals surface area contributed by atoms with Crippen LogP contribution in [0, 0.1) is 0 Å². The molecule has 0 aliphatic carbocycles. The van der Waals surface area contributed by atoms with Crippen molar-refractivity contribution in [2.75, 3.05) is 50.7 Å². The first-order valence-corrected chi connectivity index (χ1v) is 11.1. The highest BCUT2D eigenvalue weighted by Gasteiger charge is 2.36. The average molecular weight is 430 g/mol. The van der Waals surface area contributed by atoms with Gasteiger partial charge >= 0.3 is 0 Å². The molecule has 0 saturated carbocycles. The lowest BCUT2D eigenvalue weighted by molar-refractivity contribution is 0.0583. The van der Waals surface area contributed by atoms with Crippen LogP contribution < -0.4 is 9.62 Å². The monoisotopic (exact) mass is 429 g/mol. The highest BCUT2D eigenvalue weighted by atomic mass is 35.5. The van der Waals surface area contributed by atoms with Gasteiger partial charge in [-0.1, -0.05) is 18.2 Å². The van der Waals surface area contributed by atoms with Gasteiger partial charge in [0.25, 0.3) is 10.0 Å². The Morgan fingerprint density at radius 3 is 2.74 bits per heavy atom. The number of rotatable bonds is 4. The fraction of sp³-hybridized carbons (Fsp3) is 0.444. The van der Waals surface area contributed by atoms with Crippen LogP contribution in [0.15, 0.2) is 40.6 Å². The highest BCUT2D eigenvalue weighted by molar-refractivity contribution is 7.93. The minimum absolute atomic E-state index is 0. The van der Waals surface area contributed by atoms with Crippen LogP contribution in [0.5, 0.6) is 0 Å². The molecular formula is C18H24ClN3O3S2. The fourth-order valence-electron chi connectivity index (χ4n) is 3.53. The predicted octanol–water partition coefficient (Wildman–Crippen LogP) is 2.32. The van der Waals surface area contributed by atoms with Crippen molar-refractivity contribution in [3.8, 4) is 0 Å². The molecule has 2 aliphatic heterocycles. The Kier molecular flexibility index (Phi) is 6.45. The molecular weight excluding hydrogens is 406 g/mol. The quantitative estimate of drug-likeness (QED) is 0.808. The lowest BCUT2D eigenvalue weighted by Crippen LogP contribution is -2.44. The van der Waals surface area contributed by atoms with Crippen molar-refractivity contribution in [1.82, 2.24) is 10.2 Å². The van der Waals surface area contributed by atoms with Gasteiger partial charge in [-0.3, -0.25) is 9.21 Å². The summed E-state index contributed by atoms with van der Waals surface area (Å²) >= 11 is 1.45. The molecule has 1 fully saturated rings. The summed E-state index contributed by atoms with van der Waals surface area (Å²) in [4.78, 5) is 3.49. The number of hydrogen-bond donors (Lipinski definition) is 1. The second kappa shape index (κ2) is 8.46. The highest BCUT2D eigenvalue weighted by Crippen LogP contribution is 2.44. The molecule has 3 heterocycles. The van der Waals surface area contributed by atoms with Crippen LogP contribution in [0.1, 0.15) is 16.5 Å². The molecule has 6 nitrogen and oxygen atoms in total.